The van der Waals surface area contributed by atoms with Gasteiger partial charge < -0.3 is 45.0 Å². The Morgan fingerprint density at radius 3 is 2.07 bits per heavy atom. The van der Waals surface area contributed by atoms with E-state index in [4.69, 9.17) is 34.5 Å². The Morgan fingerprint density at radius 1 is 0.761 bits per heavy atom. The van der Waals surface area contributed by atoms with Gasteiger partial charge in [0.2, 0.25) is 5.69 Å². The smallest absolute Gasteiger partial charge is 0.264 e. The summed E-state index contributed by atoms with van der Waals surface area (Å²) in [5, 5.41) is 11.7. The van der Waals surface area contributed by atoms with Crippen molar-refractivity contribution in [1.82, 2.24) is 15.1 Å². The Labute approximate surface area is 547 Å². The number of carbonyl (C=O) groups is 2. The van der Waals surface area contributed by atoms with E-state index in [-0.39, 0.29) is 33.7 Å². The Balaban J connectivity index is 0.710. The van der Waals surface area contributed by atoms with Gasteiger partial charge in [0.25, 0.3) is 16.0 Å². The van der Waals surface area contributed by atoms with Gasteiger partial charge in [-0.05, 0) is 125 Å². The van der Waals surface area contributed by atoms with Crippen molar-refractivity contribution in [3.05, 3.63) is 172 Å². The van der Waals surface area contributed by atoms with Crippen molar-refractivity contribution >= 4 is 44.6 Å². The zero-order valence-corrected chi connectivity index (χ0v) is 56.7. The minimum atomic E-state index is -4.01. The average Bonchev–Trinajstić information content (AvgIpc) is 1.72. The van der Waals surface area contributed by atoms with E-state index in [1.165, 1.54) is 52.2 Å². The molecule has 3 heterocycles. The van der Waals surface area contributed by atoms with Crippen LogP contribution in [-0.2, 0) is 57.6 Å². The molecule has 92 heavy (non-hydrogen) atoms. The molecule has 8 rings (SSSR count). The summed E-state index contributed by atoms with van der Waals surface area (Å²) in [6.45, 7) is 26.3. The number of primary amides is 1. The molecule has 0 saturated carbocycles. The summed E-state index contributed by atoms with van der Waals surface area (Å²) < 4.78 is 65.5. The van der Waals surface area contributed by atoms with Gasteiger partial charge >= 0.3 is 0 Å². The third-order valence-electron chi connectivity index (χ3n) is 17.8. The van der Waals surface area contributed by atoms with E-state index in [1.807, 2.05) is 23.7 Å². The highest BCUT2D eigenvalue weighted by Crippen LogP contribution is 2.48. The van der Waals surface area contributed by atoms with Crippen LogP contribution in [-0.4, -0.2) is 143 Å². The number of fused-ring (bicyclic) bond motifs is 3. The van der Waals surface area contributed by atoms with Crippen molar-refractivity contribution in [3.63, 3.8) is 0 Å². The molecule has 498 valence electrons. The largest absolute Gasteiger partial charge is 0.384 e. The fraction of sp³-hybridized carbons (Fsp3) is 0.514. The van der Waals surface area contributed by atoms with Gasteiger partial charge in [0.05, 0.1) is 92.2 Å². The van der Waals surface area contributed by atoms with Gasteiger partial charge in [-0.1, -0.05) is 120 Å². The zero-order chi connectivity index (χ0) is 65.7. The molecule has 1 unspecified atom stereocenters. The van der Waals surface area contributed by atoms with Gasteiger partial charge in [0.1, 0.15) is 6.54 Å². The van der Waals surface area contributed by atoms with Crippen LogP contribution < -0.4 is 21.3 Å². The number of amides is 1. The van der Waals surface area contributed by atoms with Crippen LogP contribution in [0.5, 0.6) is 0 Å². The minimum absolute atomic E-state index is 0.115. The summed E-state index contributed by atoms with van der Waals surface area (Å²) in [5.74, 6) is -0.529. The van der Waals surface area contributed by atoms with Crippen LogP contribution in [0.15, 0.2) is 127 Å². The lowest BCUT2D eigenvalue weighted by Gasteiger charge is -2.29. The number of anilines is 2. The zero-order valence-electron chi connectivity index (χ0n) is 55.9. The molecule has 1 atom stereocenters. The number of unbranched alkanes of at least 4 members (excludes halogenated alkanes) is 3. The van der Waals surface area contributed by atoms with Crippen molar-refractivity contribution in [3.8, 4) is 5.69 Å². The highest BCUT2D eigenvalue weighted by atomic mass is 32.2. The number of aromatic nitrogens is 2. The molecule has 4 aromatic carbocycles. The summed E-state index contributed by atoms with van der Waals surface area (Å²) in [4.78, 5) is 27.6. The fourth-order valence-electron chi connectivity index (χ4n) is 12.9. The molecule has 0 saturated heterocycles. The van der Waals surface area contributed by atoms with Crippen molar-refractivity contribution in [2.24, 2.45) is 11.1 Å². The quantitative estimate of drug-likeness (QED) is 0.0163. The van der Waals surface area contributed by atoms with Crippen LogP contribution in [0, 0.1) is 12.3 Å². The van der Waals surface area contributed by atoms with Gasteiger partial charge in [-0.3, -0.25) is 14.1 Å². The minimum Gasteiger partial charge on any atom is -0.384 e. The number of carbonyl (C=O) groups excluding carboxylic acids is 2. The standard InChI is InChI=1S/C74H101N7O10S/c1-9-10-17-38-80-65-26-15-13-24-62(65)74(7,8)69(80)35-32-57(22-11-16-27-68-73(5,6)61-23-12-14-25-64(61)79(68)39-18-19-50-92(84,85)86)58-30-28-56(29-31-58)54-76-36-20-40-87-42-44-89-46-48-91-49-47-90-45-43-88-41-21-37-77-63-51-59(33-34-60(63)71(75)83)81-66-52-72(3,4)53-67(82)70(66)55(2)78-81/h11-16,23-35,51,57,76H,9-10,17-22,36-50,52-54H2,1-8H3,(H3-,75,77,83,84,85,86)/p+1/b16-11+,35-32+,68-27-. The monoisotopic (exact) mass is 1280 g/mol. The topological polar surface area (TPSA) is 209 Å². The Hall–Kier alpha value is -6.61. The first-order chi connectivity index (χ1) is 44.2. The number of Topliss-reactive ketones (excluding diaryl/α,β-unsaturated/α-hetero) is 1. The third kappa shape index (κ3) is 19.5. The Bertz CT molecular complexity index is 3490. The SMILES string of the molecule is CCCCC[N+]1=C(/C=C/C(C/C=C/C=C2\N(CCCCS(=O)(=O)O)c3ccccc3C2(C)C)c2ccc(CNCCCOCCOCCOCCOCCOCCCNc3cc(-n4nc(C)c5c4CC(C)(C)CC5=O)ccc3C(N)=O)cc2)C(C)(C)c2ccccc21. The molecule has 0 radical (unpaired) electrons. The van der Waals surface area contributed by atoms with E-state index >= 15 is 0 Å². The molecule has 2 aliphatic heterocycles. The average molecular weight is 1280 g/mol. The summed E-state index contributed by atoms with van der Waals surface area (Å²) >= 11 is 0. The number of nitrogens with two attached hydrogens (primary N) is 1. The van der Waals surface area contributed by atoms with Crippen molar-refractivity contribution < 1.29 is 50.8 Å². The number of ether oxygens (including phenoxy) is 5. The number of benzene rings is 4. The first-order valence-corrected chi connectivity index (χ1v) is 34.9. The van der Waals surface area contributed by atoms with E-state index in [9.17, 15) is 22.6 Å². The summed E-state index contributed by atoms with van der Waals surface area (Å²) in [5.41, 5.74) is 19.3. The number of rotatable bonds is 40. The van der Waals surface area contributed by atoms with Crippen LogP contribution in [0.25, 0.3) is 5.69 Å². The van der Waals surface area contributed by atoms with Gasteiger partial charge in [-0.15, -0.1) is 0 Å². The van der Waals surface area contributed by atoms with E-state index in [1.54, 1.807) is 6.07 Å². The third-order valence-corrected chi connectivity index (χ3v) is 18.6. The van der Waals surface area contributed by atoms with E-state index in [2.05, 4.69) is 172 Å². The summed E-state index contributed by atoms with van der Waals surface area (Å²) in [7, 11) is -4.01. The van der Waals surface area contributed by atoms with E-state index in [0.717, 1.165) is 62.4 Å². The second-order valence-corrected chi connectivity index (χ2v) is 27.9. The molecule has 5 aromatic rings. The summed E-state index contributed by atoms with van der Waals surface area (Å²) in [6, 6.07) is 31.8. The first-order valence-electron chi connectivity index (χ1n) is 33.3. The summed E-state index contributed by atoms with van der Waals surface area (Å²) in [6.07, 6.45) is 19.6. The molecule has 1 aromatic heterocycles. The normalized spacial score (nSPS) is 16.5. The number of nitrogens with zero attached hydrogens (tertiary/aromatic N) is 4. The fourth-order valence-corrected chi connectivity index (χ4v) is 13.5. The van der Waals surface area contributed by atoms with Crippen LogP contribution in [0.4, 0.5) is 17.1 Å². The van der Waals surface area contributed by atoms with Gasteiger partial charge in [0.15, 0.2) is 11.5 Å². The maximum Gasteiger partial charge on any atom is 0.264 e. The van der Waals surface area contributed by atoms with Gasteiger partial charge in [-0.2, -0.15) is 18.1 Å². The molecule has 0 fully saturated rings. The molecule has 0 spiro atoms. The Kier molecular flexibility index (Phi) is 26.3. The molecule has 5 N–H and O–H groups in total. The van der Waals surface area contributed by atoms with Gasteiger partial charge in [-0.25, -0.2) is 4.68 Å². The number of hydrogen-bond donors (Lipinski definition) is 4. The molecule has 1 aliphatic carbocycles. The highest BCUT2D eigenvalue weighted by molar-refractivity contribution is 7.85. The lowest BCUT2D eigenvalue weighted by atomic mass is 9.75. The van der Waals surface area contributed by atoms with E-state index in [0.29, 0.717) is 127 Å². The number of nitrogens with one attached hydrogen (secondary N) is 2. The molecule has 17 nitrogen and oxygen atoms in total. The van der Waals surface area contributed by atoms with E-state index < -0.39 is 16.0 Å². The second-order valence-electron chi connectivity index (χ2n) is 26.3. The van der Waals surface area contributed by atoms with Crippen LogP contribution >= 0.6 is 0 Å². The number of para-hydroxylation sites is 2. The number of hydrogen-bond acceptors (Lipinski definition) is 13. The Morgan fingerprint density at radius 2 is 1.40 bits per heavy atom. The van der Waals surface area contributed by atoms with Crippen molar-refractivity contribution in [1.29, 1.82) is 0 Å². The van der Waals surface area contributed by atoms with Gasteiger partial charge in [0, 0.05) is 91.8 Å². The molecule has 18 heteroatoms. The number of aryl methyl sites for hydroxylation is 1. The molecular weight excluding hydrogens is 1180 g/mol. The van der Waals surface area contributed by atoms with Crippen molar-refractivity contribution in [2.75, 3.05) is 108 Å². The highest BCUT2D eigenvalue weighted by Gasteiger charge is 2.44. The molecule has 0 bridgehead atoms. The first kappa shape index (κ1) is 71.2. The predicted molar refractivity (Wildman–Crippen MR) is 368 cm³/mol. The maximum atomic E-state index is 13.0. The second kappa shape index (κ2) is 34.0. The predicted octanol–water partition coefficient (Wildman–Crippen LogP) is 12.7. The van der Waals surface area contributed by atoms with Crippen LogP contribution in [0.1, 0.15) is 167 Å². The van der Waals surface area contributed by atoms with Crippen LogP contribution in [0.3, 0.4) is 0 Å². The van der Waals surface area contributed by atoms with Crippen LogP contribution in [0.2, 0.25) is 0 Å². The molecule has 3 aliphatic rings. The lowest BCUT2D eigenvalue weighted by Crippen LogP contribution is -2.28. The number of allylic oxidation sites excluding steroid dienone is 6. The van der Waals surface area contributed by atoms with Crippen molar-refractivity contribution in [2.45, 2.75) is 143 Å². The lowest BCUT2D eigenvalue weighted by molar-refractivity contribution is -0.438. The molecule has 1 amide bonds. The maximum absolute atomic E-state index is 13.0. The number of ketones is 1. The molecular formula is C74H102N7O10S+.